The Morgan fingerprint density at radius 3 is 2.58 bits per heavy atom. The summed E-state index contributed by atoms with van der Waals surface area (Å²) in [5, 5.41) is 35.2. The number of hydrazone groups is 1. The smallest absolute Gasteiger partial charge is 0.275 e. The minimum Gasteiger partial charge on any atom is -0.508 e. The molecule has 0 bridgehead atoms. The zero-order valence-corrected chi connectivity index (χ0v) is 17.8. The van der Waals surface area contributed by atoms with Crippen molar-refractivity contribution in [1.82, 2.24) is 5.43 Å². The third-order valence-corrected chi connectivity index (χ3v) is 5.65. The first-order valence-electron chi connectivity index (χ1n) is 10.3. The summed E-state index contributed by atoms with van der Waals surface area (Å²) in [6.07, 6.45) is 5.28. The van der Waals surface area contributed by atoms with Crippen molar-refractivity contribution in [3.05, 3.63) is 52.3 Å². The summed E-state index contributed by atoms with van der Waals surface area (Å²) in [7, 11) is 0. The number of phenolic OH excluding ortho intramolecular Hbond substituents is 3. The second-order valence-corrected chi connectivity index (χ2v) is 8.92. The number of amides is 1. The van der Waals surface area contributed by atoms with E-state index in [1.807, 2.05) is 26.8 Å². The number of nitrogens with zero attached hydrogens (tertiary/aromatic N) is 1. The zero-order chi connectivity index (χ0) is 22.3. The van der Waals surface area contributed by atoms with E-state index < -0.39 is 5.91 Å². The van der Waals surface area contributed by atoms with Gasteiger partial charge >= 0.3 is 0 Å². The fourth-order valence-corrected chi connectivity index (χ4v) is 4.07. The Morgan fingerprint density at radius 2 is 1.87 bits per heavy atom. The maximum Gasteiger partial charge on any atom is 0.275 e. The van der Waals surface area contributed by atoms with Gasteiger partial charge in [0.2, 0.25) is 0 Å². The van der Waals surface area contributed by atoms with Crippen molar-refractivity contribution in [2.45, 2.75) is 51.9 Å². The van der Waals surface area contributed by atoms with Crippen LogP contribution in [0.5, 0.6) is 17.2 Å². The van der Waals surface area contributed by atoms with Crippen LogP contribution in [0.4, 0.5) is 0 Å². The van der Waals surface area contributed by atoms with Crippen molar-refractivity contribution in [1.29, 1.82) is 0 Å². The lowest BCUT2D eigenvalue weighted by molar-refractivity contribution is 0.0952. The van der Waals surface area contributed by atoms with Crippen LogP contribution >= 0.6 is 0 Å². The Hall–Kier alpha value is -3.48. The highest BCUT2D eigenvalue weighted by Crippen LogP contribution is 2.42. The van der Waals surface area contributed by atoms with Gasteiger partial charge in [0, 0.05) is 34.6 Å². The van der Waals surface area contributed by atoms with Crippen LogP contribution in [0.1, 0.15) is 66.4 Å². The zero-order valence-electron chi connectivity index (χ0n) is 17.8. The lowest BCUT2D eigenvalue weighted by Crippen LogP contribution is -2.18. The fraction of sp³-hybridized carbons (Fsp3) is 0.333. The number of fused-ring (bicyclic) bond motifs is 3. The van der Waals surface area contributed by atoms with E-state index in [0.717, 1.165) is 54.0 Å². The van der Waals surface area contributed by atoms with Gasteiger partial charge in [0.15, 0.2) is 0 Å². The van der Waals surface area contributed by atoms with Crippen LogP contribution in [-0.2, 0) is 18.3 Å². The van der Waals surface area contributed by atoms with E-state index in [0.29, 0.717) is 11.1 Å². The van der Waals surface area contributed by atoms with E-state index >= 15 is 0 Å². The number of hydrogen-bond donors (Lipinski definition) is 4. The largest absolute Gasteiger partial charge is 0.508 e. The van der Waals surface area contributed by atoms with Gasteiger partial charge < -0.3 is 19.7 Å². The second kappa shape index (κ2) is 7.65. The Labute approximate surface area is 180 Å². The molecule has 3 aromatic rings. The molecule has 1 amide bonds. The van der Waals surface area contributed by atoms with Gasteiger partial charge in [0.1, 0.15) is 28.6 Å². The number of carbonyl (C=O) groups excluding carboxylic acids is 1. The predicted molar refractivity (Wildman–Crippen MR) is 118 cm³/mol. The molecule has 0 saturated carbocycles. The first-order valence-corrected chi connectivity index (χ1v) is 10.3. The minimum absolute atomic E-state index is 0.0200. The molecule has 31 heavy (non-hydrogen) atoms. The average molecular weight is 422 g/mol. The van der Waals surface area contributed by atoms with Crippen LogP contribution in [0.3, 0.4) is 0 Å². The van der Waals surface area contributed by atoms with Crippen molar-refractivity contribution >= 4 is 23.1 Å². The quantitative estimate of drug-likeness (QED) is 0.367. The highest BCUT2D eigenvalue weighted by atomic mass is 16.3. The summed E-state index contributed by atoms with van der Waals surface area (Å²) >= 11 is 0. The van der Waals surface area contributed by atoms with Gasteiger partial charge in [-0.25, -0.2) is 5.43 Å². The molecule has 0 spiro atoms. The van der Waals surface area contributed by atoms with Gasteiger partial charge in [-0.15, -0.1) is 0 Å². The summed E-state index contributed by atoms with van der Waals surface area (Å²) in [6, 6.07) is 5.59. The van der Waals surface area contributed by atoms with Crippen LogP contribution in [0.25, 0.3) is 11.0 Å². The third kappa shape index (κ3) is 3.83. The topological polar surface area (TPSA) is 115 Å². The van der Waals surface area contributed by atoms with Crippen molar-refractivity contribution in [3.63, 3.8) is 0 Å². The molecule has 4 rings (SSSR count). The van der Waals surface area contributed by atoms with Crippen molar-refractivity contribution in [2.75, 3.05) is 0 Å². The molecule has 1 aliphatic carbocycles. The van der Waals surface area contributed by atoms with Crippen LogP contribution < -0.4 is 5.43 Å². The van der Waals surface area contributed by atoms with Crippen molar-refractivity contribution in [3.8, 4) is 17.2 Å². The van der Waals surface area contributed by atoms with Gasteiger partial charge in [-0.1, -0.05) is 20.8 Å². The standard InChI is InChI=1S/C24H26N2O5/c1-24(2,3)17-11-20-21(15-6-4-5-7-19(15)31-20)16(22(17)29)12-25-26-23(30)14-9-8-13(27)10-18(14)28/h8-12,27-29H,4-7H2,1-3H3,(H,26,30)/b25-12-. The molecule has 4 N–H and O–H groups in total. The van der Waals surface area contributed by atoms with Crippen LogP contribution in [-0.4, -0.2) is 27.4 Å². The Kier molecular flexibility index (Phi) is 5.13. The molecule has 0 radical (unpaired) electrons. The number of hydrogen-bond acceptors (Lipinski definition) is 6. The van der Waals surface area contributed by atoms with Gasteiger partial charge in [-0.3, -0.25) is 4.79 Å². The number of nitrogens with one attached hydrogen (secondary N) is 1. The average Bonchev–Trinajstić information content (AvgIpc) is 3.06. The molecule has 0 aliphatic heterocycles. The number of furan rings is 1. The second-order valence-electron chi connectivity index (χ2n) is 8.92. The highest BCUT2D eigenvalue weighted by molar-refractivity contribution is 6.04. The predicted octanol–water partition coefficient (Wildman–Crippen LogP) is 4.49. The van der Waals surface area contributed by atoms with E-state index in [1.54, 1.807) is 0 Å². The molecule has 7 nitrogen and oxygen atoms in total. The Morgan fingerprint density at radius 1 is 1.13 bits per heavy atom. The number of aryl methyl sites for hydroxylation is 2. The molecule has 162 valence electrons. The van der Waals surface area contributed by atoms with Gasteiger partial charge in [0.05, 0.1) is 11.8 Å². The first kappa shape index (κ1) is 20.8. The van der Waals surface area contributed by atoms with E-state index in [-0.39, 0.29) is 28.2 Å². The van der Waals surface area contributed by atoms with E-state index in [2.05, 4.69) is 10.5 Å². The van der Waals surface area contributed by atoms with Gasteiger partial charge in [0.25, 0.3) is 5.91 Å². The van der Waals surface area contributed by atoms with E-state index in [4.69, 9.17) is 4.42 Å². The number of carbonyl (C=O) groups is 1. The molecular weight excluding hydrogens is 396 g/mol. The number of aromatic hydroxyl groups is 3. The summed E-state index contributed by atoms with van der Waals surface area (Å²) in [6.45, 7) is 6.02. The van der Waals surface area contributed by atoms with E-state index in [9.17, 15) is 20.1 Å². The summed E-state index contributed by atoms with van der Waals surface area (Å²) < 4.78 is 6.13. The fourth-order valence-electron chi connectivity index (χ4n) is 4.07. The molecule has 0 saturated heterocycles. The molecule has 7 heteroatoms. The van der Waals surface area contributed by atoms with Crippen molar-refractivity contribution < 1.29 is 24.5 Å². The lowest BCUT2D eigenvalue weighted by Gasteiger charge is -2.21. The van der Waals surface area contributed by atoms with Crippen LogP contribution in [0, 0.1) is 0 Å². The maximum absolute atomic E-state index is 12.4. The number of rotatable bonds is 3. The van der Waals surface area contributed by atoms with Gasteiger partial charge in [-0.2, -0.15) is 5.10 Å². The molecule has 0 unspecified atom stereocenters. The molecule has 1 aliphatic rings. The van der Waals surface area contributed by atoms with Crippen LogP contribution in [0.2, 0.25) is 0 Å². The molecule has 1 aromatic heterocycles. The highest BCUT2D eigenvalue weighted by Gasteiger charge is 2.27. The SMILES string of the molecule is CC(C)(C)c1cc2oc3c(c2c(/C=N\NC(=O)c2ccc(O)cc2O)c1O)CCCC3. The van der Waals surface area contributed by atoms with Crippen LogP contribution in [0.15, 0.2) is 33.8 Å². The number of phenols is 3. The normalized spacial score (nSPS) is 14.2. The maximum atomic E-state index is 12.4. The molecule has 1 heterocycles. The monoisotopic (exact) mass is 422 g/mol. The molecular formula is C24H26N2O5. The minimum atomic E-state index is -0.634. The molecule has 0 fully saturated rings. The molecule has 0 atom stereocenters. The third-order valence-electron chi connectivity index (χ3n) is 5.65. The number of benzene rings is 2. The van der Waals surface area contributed by atoms with Crippen molar-refractivity contribution in [2.24, 2.45) is 5.10 Å². The van der Waals surface area contributed by atoms with E-state index in [1.165, 1.54) is 18.3 Å². The molecule has 2 aromatic carbocycles. The summed E-state index contributed by atoms with van der Waals surface area (Å²) in [5.74, 6) is -0.0742. The summed E-state index contributed by atoms with van der Waals surface area (Å²) in [4.78, 5) is 12.4. The Balaban J connectivity index is 1.75. The lowest BCUT2D eigenvalue weighted by atomic mass is 9.83. The Bertz CT molecular complexity index is 1200. The van der Waals surface area contributed by atoms with Gasteiger partial charge in [-0.05, 0) is 42.9 Å². The summed E-state index contributed by atoms with van der Waals surface area (Å²) in [5.41, 5.74) is 5.06. The first-order chi connectivity index (χ1) is 14.7.